The molecule has 1 aromatic heterocycles. The Morgan fingerprint density at radius 2 is 2.10 bits per heavy atom. The summed E-state index contributed by atoms with van der Waals surface area (Å²) in [6, 6.07) is 6.07. The Hall–Kier alpha value is -1.50. The number of nitrogens with zero attached hydrogens (tertiary/aromatic N) is 2. The van der Waals surface area contributed by atoms with Crippen LogP contribution in [0.4, 0.5) is 0 Å². The van der Waals surface area contributed by atoms with Crippen molar-refractivity contribution in [2.75, 3.05) is 20.3 Å². The lowest BCUT2D eigenvalue weighted by atomic mass is 10.1. The molecular weight excluding hydrogens is 274 g/mol. The largest absolute Gasteiger partial charge is 0.430 e. The van der Waals surface area contributed by atoms with Crippen molar-refractivity contribution < 1.29 is 9.47 Å². The highest BCUT2D eigenvalue weighted by molar-refractivity contribution is 7.13. The van der Waals surface area contributed by atoms with Gasteiger partial charge in [0.25, 0.3) is 5.19 Å². The van der Waals surface area contributed by atoms with Crippen LogP contribution in [0.25, 0.3) is 0 Å². The van der Waals surface area contributed by atoms with Crippen LogP contribution in [0.5, 0.6) is 10.9 Å². The zero-order chi connectivity index (χ0) is 14.4. The zero-order valence-electron chi connectivity index (χ0n) is 12.0. The van der Waals surface area contributed by atoms with Crippen molar-refractivity contribution in [2.45, 2.75) is 20.4 Å². The topological polar surface area (TPSA) is 56.3 Å². The lowest BCUT2D eigenvalue weighted by molar-refractivity contribution is 0.199. The van der Waals surface area contributed by atoms with Crippen LogP contribution < -0.4 is 10.1 Å². The molecule has 1 N–H and O–H groups in total. The van der Waals surface area contributed by atoms with Gasteiger partial charge in [0.2, 0.25) is 0 Å². The third kappa shape index (κ3) is 4.26. The number of aromatic nitrogens is 2. The number of rotatable bonds is 7. The summed E-state index contributed by atoms with van der Waals surface area (Å²) in [7, 11) is 1.68. The lowest BCUT2D eigenvalue weighted by Gasteiger charge is -2.05. The molecule has 0 fully saturated rings. The van der Waals surface area contributed by atoms with Gasteiger partial charge in [-0.25, -0.2) is 0 Å². The lowest BCUT2D eigenvalue weighted by Crippen LogP contribution is -2.18. The van der Waals surface area contributed by atoms with Crippen molar-refractivity contribution in [3.05, 3.63) is 34.3 Å². The van der Waals surface area contributed by atoms with Gasteiger partial charge in [-0.3, -0.25) is 0 Å². The van der Waals surface area contributed by atoms with Gasteiger partial charge in [-0.15, -0.1) is 5.10 Å². The molecule has 0 saturated carbocycles. The van der Waals surface area contributed by atoms with Crippen LogP contribution in [-0.4, -0.2) is 30.5 Å². The van der Waals surface area contributed by atoms with Crippen LogP contribution in [0, 0.1) is 13.8 Å². The Labute approximate surface area is 123 Å². The Balaban J connectivity index is 1.92. The Bertz CT molecular complexity index is 557. The maximum atomic E-state index is 5.76. The fraction of sp³-hybridized carbons (Fsp3) is 0.429. The van der Waals surface area contributed by atoms with Crippen LogP contribution in [0.3, 0.4) is 0 Å². The van der Waals surface area contributed by atoms with Gasteiger partial charge in [0.15, 0.2) is 0 Å². The predicted octanol–water partition coefficient (Wildman–Crippen LogP) is 2.68. The summed E-state index contributed by atoms with van der Waals surface area (Å²) in [5.74, 6) is 0.825. The molecule has 2 rings (SSSR count). The second kappa shape index (κ2) is 7.33. The van der Waals surface area contributed by atoms with E-state index in [4.69, 9.17) is 9.47 Å². The van der Waals surface area contributed by atoms with Gasteiger partial charge >= 0.3 is 0 Å². The highest BCUT2D eigenvalue weighted by Crippen LogP contribution is 2.27. The van der Waals surface area contributed by atoms with Crippen molar-refractivity contribution in [1.82, 2.24) is 15.5 Å². The van der Waals surface area contributed by atoms with E-state index in [1.165, 1.54) is 16.9 Å². The molecule has 0 bridgehead atoms. The molecule has 0 saturated heterocycles. The number of hydrogen-bond acceptors (Lipinski definition) is 6. The molecular formula is C14H19N3O2S. The van der Waals surface area contributed by atoms with E-state index in [9.17, 15) is 0 Å². The van der Waals surface area contributed by atoms with Gasteiger partial charge in [-0.05, 0) is 25.5 Å². The molecule has 5 nitrogen and oxygen atoms in total. The second-order valence-electron chi connectivity index (χ2n) is 4.50. The van der Waals surface area contributed by atoms with Crippen molar-refractivity contribution in [2.24, 2.45) is 0 Å². The molecule has 1 aromatic carbocycles. The van der Waals surface area contributed by atoms with Gasteiger partial charge in [-0.2, -0.15) is 0 Å². The van der Waals surface area contributed by atoms with Crippen molar-refractivity contribution in [1.29, 1.82) is 0 Å². The Kier molecular flexibility index (Phi) is 5.46. The molecule has 6 heteroatoms. The summed E-state index contributed by atoms with van der Waals surface area (Å²) in [6.45, 7) is 6.24. The van der Waals surface area contributed by atoms with E-state index in [2.05, 4.69) is 28.5 Å². The van der Waals surface area contributed by atoms with Crippen LogP contribution >= 0.6 is 11.3 Å². The molecule has 0 spiro atoms. The summed E-state index contributed by atoms with van der Waals surface area (Å²) in [4.78, 5) is 0. The summed E-state index contributed by atoms with van der Waals surface area (Å²) in [5.41, 5.74) is 2.31. The predicted molar refractivity (Wildman–Crippen MR) is 79.5 cm³/mol. The van der Waals surface area contributed by atoms with E-state index in [0.717, 1.165) is 22.9 Å². The third-order valence-corrected chi connectivity index (χ3v) is 3.54. The normalized spacial score (nSPS) is 10.8. The number of nitrogens with one attached hydrogen (secondary N) is 1. The summed E-state index contributed by atoms with van der Waals surface area (Å²) >= 11 is 1.45. The van der Waals surface area contributed by atoms with Gasteiger partial charge < -0.3 is 14.8 Å². The molecule has 0 unspecified atom stereocenters. The van der Waals surface area contributed by atoms with E-state index in [1.807, 2.05) is 19.1 Å². The fourth-order valence-electron chi connectivity index (χ4n) is 1.73. The van der Waals surface area contributed by atoms with Gasteiger partial charge in [0, 0.05) is 20.2 Å². The van der Waals surface area contributed by atoms with Crippen LogP contribution in [0.2, 0.25) is 0 Å². The first-order valence-corrected chi connectivity index (χ1v) is 7.28. The van der Waals surface area contributed by atoms with E-state index < -0.39 is 0 Å². The quantitative estimate of drug-likeness (QED) is 0.795. The molecule has 108 valence electrons. The minimum Gasteiger partial charge on any atom is -0.430 e. The first-order chi connectivity index (χ1) is 9.69. The fourth-order valence-corrected chi connectivity index (χ4v) is 2.40. The van der Waals surface area contributed by atoms with Crippen molar-refractivity contribution in [3.63, 3.8) is 0 Å². The maximum Gasteiger partial charge on any atom is 0.299 e. The van der Waals surface area contributed by atoms with Gasteiger partial charge in [0.1, 0.15) is 10.8 Å². The minimum atomic E-state index is 0.570. The molecule has 0 radical (unpaired) electrons. The minimum absolute atomic E-state index is 0.570. The number of methoxy groups -OCH3 is 1. The van der Waals surface area contributed by atoms with Crippen LogP contribution in [0.15, 0.2) is 18.2 Å². The van der Waals surface area contributed by atoms with Gasteiger partial charge in [0.05, 0.1) is 6.61 Å². The van der Waals surface area contributed by atoms with Crippen molar-refractivity contribution in [3.8, 4) is 10.9 Å². The number of ether oxygens (including phenoxy) is 2. The number of aryl methyl sites for hydroxylation is 2. The average molecular weight is 293 g/mol. The van der Waals surface area contributed by atoms with Crippen molar-refractivity contribution >= 4 is 11.3 Å². The first kappa shape index (κ1) is 14.9. The average Bonchev–Trinajstić information content (AvgIpc) is 2.86. The van der Waals surface area contributed by atoms with E-state index in [-0.39, 0.29) is 0 Å². The molecule has 0 aliphatic heterocycles. The molecule has 0 aliphatic carbocycles. The standard InChI is InChI=1S/C14H19N3O2S/c1-10-4-5-12(11(2)8-10)19-14-17-16-13(20-14)9-15-6-7-18-3/h4-5,8,15H,6-7,9H2,1-3H3. The monoisotopic (exact) mass is 293 g/mol. The van der Waals surface area contributed by atoms with E-state index in [1.54, 1.807) is 7.11 Å². The summed E-state index contributed by atoms with van der Waals surface area (Å²) < 4.78 is 10.7. The molecule has 2 aromatic rings. The smallest absolute Gasteiger partial charge is 0.299 e. The SMILES string of the molecule is COCCNCc1nnc(Oc2ccc(C)cc2C)s1. The third-order valence-electron chi connectivity index (χ3n) is 2.74. The summed E-state index contributed by atoms with van der Waals surface area (Å²) in [5, 5.41) is 12.8. The maximum absolute atomic E-state index is 5.76. The van der Waals surface area contributed by atoms with Crippen LogP contribution in [-0.2, 0) is 11.3 Å². The van der Waals surface area contributed by atoms with E-state index >= 15 is 0 Å². The summed E-state index contributed by atoms with van der Waals surface area (Å²) in [6.07, 6.45) is 0. The van der Waals surface area contributed by atoms with Crippen LogP contribution in [0.1, 0.15) is 16.1 Å². The van der Waals surface area contributed by atoms with Gasteiger partial charge in [-0.1, -0.05) is 34.1 Å². The zero-order valence-corrected chi connectivity index (χ0v) is 12.8. The number of benzene rings is 1. The molecule has 20 heavy (non-hydrogen) atoms. The second-order valence-corrected chi connectivity index (χ2v) is 5.53. The molecule has 1 heterocycles. The molecule has 0 aliphatic rings. The Morgan fingerprint density at radius 1 is 1.25 bits per heavy atom. The Morgan fingerprint density at radius 3 is 2.85 bits per heavy atom. The molecule has 0 amide bonds. The number of hydrogen-bond donors (Lipinski definition) is 1. The molecule has 0 atom stereocenters. The highest BCUT2D eigenvalue weighted by atomic mass is 32.1. The first-order valence-electron chi connectivity index (χ1n) is 6.46. The highest BCUT2D eigenvalue weighted by Gasteiger charge is 2.07. The van der Waals surface area contributed by atoms with E-state index in [0.29, 0.717) is 18.3 Å².